The van der Waals surface area contributed by atoms with Gasteiger partial charge in [-0.05, 0) is 44.7 Å². The van der Waals surface area contributed by atoms with Crippen LogP contribution in [0.25, 0.3) is 0 Å². The van der Waals surface area contributed by atoms with Crippen LogP contribution in [0.1, 0.15) is 64.7 Å². The molecule has 0 amide bonds. The Morgan fingerprint density at radius 1 is 0.974 bits per heavy atom. The van der Waals surface area contributed by atoms with Crippen molar-refractivity contribution in [1.29, 1.82) is 0 Å². The molecular weight excluding hydrogens is 496 g/mol. The van der Waals surface area contributed by atoms with Gasteiger partial charge in [-0.1, -0.05) is 25.1 Å². The Hall–Kier alpha value is -2.98. The molecule has 3 fully saturated rings. The third-order valence-electron chi connectivity index (χ3n) is 8.49. The smallest absolute Gasteiger partial charge is 0.338 e. The molecule has 8 atom stereocenters. The second-order valence-electron chi connectivity index (χ2n) is 11.2. The zero-order valence-corrected chi connectivity index (χ0v) is 22.6. The molecule has 2 aliphatic carbocycles. The minimum absolute atomic E-state index is 0.249. The van der Waals surface area contributed by atoms with Gasteiger partial charge in [0.2, 0.25) is 0 Å². The standard InChI is InChI=1S/C28H36O10/c1-15-12-21(35-17(3)30)23(32)27(14-34-16(2)29)24(37-25(33)19-10-8-7-9-11-19)22(36-18(4)31)20-13-28(15,27)38-26(20,5)6/h7-11,15,20-24,32H,12-14H2,1-6H3/t15-,20+,21+,22+,23+,24+,27+,28+/m0/s1. The summed E-state index contributed by atoms with van der Waals surface area (Å²) in [5, 5.41) is 12.0. The molecule has 1 aliphatic heterocycles. The van der Waals surface area contributed by atoms with E-state index in [0.29, 0.717) is 6.42 Å². The number of aliphatic hydroxyl groups is 1. The number of hydrogen-bond donors (Lipinski definition) is 1. The van der Waals surface area contributed by atoms with Gasteiger partial charge in [0.15, 0.2) is 6.10 Å². The lowest BCUT2D eigenvalue weighted by atomic mass is 9.48. The second kappa shape index (κ2) is 9.96. The molecule has 10 heteroatoms. The lowest BCUT2D eigenvalue weighted by Crippen LogP contribution is -2.76. The maximum atomic E-state index is 13.5. The second-order valence-corrected chi connectivity index (χ2v) is 11.2. The monoisotopic (exact) mass is 532 g/mol. The predicted molar refractivity (Wildman–Crippen MR) is 132 cm³/mol. The topological polar surface area (TPSA) is 135 Å². The molecule has 2 bridgehead atoms. The summed E-state index contributed by atoms with van der Waals surface area (Å²) in [7, 11) is 0. The van der Waals surface area contributed by atoms with E-state index in [1.807, 2.05) is 20.8 Å². The van der Waals surface area contributed by atoms with Gasteiger partial charge < -0.3 is 28.8 Å². The molecular formula is C28H36O10. The summed E-state index contributed by atoms with van der Waals surface area (Å²) in [6.07, 6.45) is -4.23. The molecule has 0 aromatic heterocycles. The summed E-state index contributed by atoms with van der Waals surface area (Å²) >= 11 is 0. The third kappa shape index (κ3) is 4.47. The van der Waals surface area contributed by atoms with Crippen LogP contribution in [-0.2, 0) is 38.1 Å². The number of esters is 4. The minimum Gasteiger partial charge on any atom is -0.465 e. The van der Waals surface area contributed by atoms with Crippen LogP contribution in [0.4, 0.5) is 0 Å². The molecule has 3 aliphatic rings. The van der Waals surface area contributed by atoms with Gasteiger partial charge in [-0.15, -0.1) is 0 Å². The van der Waals surface area contributed by atoms with Crippen LogP contribution in [0.5, 0.6) is 0 Å². The van der Waals surface area contributed by atoms with Gasteiger partial charge in [0.05, 0.1) is 16.8 Å². The first kappa shape index (κ1) is 28.0. The van der Waals surface area contributed by atoms with E-state index in [0.717, 1.165) is 0 Å². The van der Waals surface area contributed by atoms with Gasteiger partial charge in [0.25, 0.3) is 0 Å². The maximum Gasteiger partial charge on any atom is 0.338 e. The SMILES string of the molecule is CC(=O)OC[C@]12[C@H](O)[C@H](OC(C)=O)C[C@H](C)[C@]13C[C@H]([C@@H](OC(C)=O)[C@H]2OC(=O)c1ccccc1)C(C)(C)O3. The van der Waals surface area contributed by atoms with Gasteiger partial charge in [-0.2, -0.15) is 0 Å². The highest BCUT2D eigenvalue weighted by Crippen LogP contribution is 2.67. The Balaban J connectivity index is 1.95. The van der Waals surface area contributed by atoms with Gasteiger partial charge in [0, 0.05) is 26.7 Å². The van der Waals surface area contributed by atoms with Gasteiger partial charge in [-0.3, -0.25) is 14.4 Å². The van der Waals surface area contributed by atoms with Crippen molar-refractivity contribution in [3.8, 4) is 0 Å². The summed E-state index contributed by atoms with van der Waals surface area (Å²) in [5.41, 5.74) is -3.41. The van der Waals surface area contributed by atoms with Crippen molar-refractivity contribution in [1.82, 2.24) is 0 Å². The first-order valence-corrected chi connectivity index (χ1v) is 12.9. The molecule has 1 heterocycles. The van der Waals surface area contributed by atoms with Crippen LogP contribution in [0, 0.1) is 17.3 Å². The zero-order valence-electron chi connectivity index (χ0n) is 22.6. The van der Waals surface area contributed by atoms with Crippen LogP contribution < -0.4 is 0 Å². The summed E-state index contributed by atoms with van der Waals surface area (Å²) in [5.74, 6) is -3.28. The number of aliphatic hydroxyl groups excluding tert-OH is 1. The van der Waals surface area contributed by atoms with E-state index in [2.05, 4.69) is 0 Å². The number of hydrogen-bond acceptors (Lipinski definition) is 10. The molecule has 1 spiro atoms. The minimum atomic E-state index is -1.63. The third-order valence-corrected chi connectivity index (χ3v) is 8.49. The van der Waals surface area contributed by atoms with Crippen molar-refractivity contribution in [3.63, 3.8) is 0 Å². The summed E-state index contributed by atoms with van der Waals surface area (Å²) in [4.78, 5) is 50.0. The van der Waals surface area contributed by atoms with Crippen molar-refractivity contribution in [2.45, 2.75) is 90.0 Å². The van der Waals surface area contributed by atoms with E-state index in [1.165, 1.54) is 20.8 Å². The van der Waals surface area contributed by atoms with Gasteiger partial charge in [0.1, 0.15) is 30.3 Å². The van der Waals surface area contributed by atoms with Crippen LogP contribution in [0.15, 0.2) is 30.3 Å². The fourth-order valence-corrected chi connectivity index (χ4v) is 6.98. The van der Waals surface area contributed by atoms with Crippen LogP contribution in [0.2, 0.25) is 0 Å². The normalized spacial score (nSPS) is 36.9. The van der Waals surface area contributed by atoms with Crippen molar-refractivity contribution in [2.24, 2.45) is 17.3 Å². The van der Waals surface area contributed by atoms with Crippen molar-refractivity contribution in [3.05, 3.63) is 35.9 Å². The fourth-order valence-electron chi connectivity index (χ4n) is 6.98. The average molecular weight is 533 g/mol. The molecule has 1 saturated heterocycles. The number of ether oxygens (including phenoxy) is 5. The molecule has 2 saturated carbocycles. The van der Waals surface area contributed by atoms with Crippen LogP contribution in [0.3, 0.4) is 0 Å². The highest BCUT2D eigenvalue weighted by Gasteiger charge is 2.80. The molecule has 208 valence electrons. The van der Waals surface area contributed by atoms with Crippen molar-refractivity contribution in [2.75, 3.05) is 6.61 Å². The average Bonchev–Trinajstić information content (AvgIpc) is 3.09. The molecule has 1 N–H and O–H groups in total. The Labute approximate surface area is 221 Å². The number of rotatable bonds is 6. The number of carbonyl (C=O) groups is 4. The maximum absolute atomic E-state index is 13.5. The molecule has 1 aromatic rings. The van der Waals surface area contributed by atoms with Gasteiger partial charge in [-0.25, -0.2) is 4.79 Å². The largest absolute Gasteiger partial charge is 0.465 e. The molecule has 0 radical (unpaired) electrons. The molecule has 10 nitrogen and oxygen atoms in total. The lowest BCUT2D eigenvalue weighted by Gasteiger charge is -2.62. The quantitative estimate of drug-likeness (QED) is 0.430. The van der Waals surface area contributed by atoms with E-state index < -0.39 is 77.4 Å². The summed E-state index contributed by atoms with van der Waals surface area (Å²) < 4.78 is 29.8. The fraction of sp³-hybridized carbons (Fsp3) is 0.643. The first-order chi connectivity index (χ1) is 17.7. The van der Waals surface area contributed by atoms with E-state index in [-0.39, 0.29) is 17.9 Å². The predicted octanol–water partition coefficient (Wildman–Crippen LogP) is 2.59. The van der Waals surface area contributed by atoms with E-state index >= 15 is 0 Å². The number of fused-ring (bicyclic) bond motifs is 1. The Morgan fingerprint density at radius 3 is 2.18 bits per heavy atom. The Bertz CT molecular complexity index is 1100. The van der Waals surface area contributed by atoms with E-state index in [9.17, 15) is 24.3 Å². The van der Waals surface area contributed by atoms with Crippen LogP contribution >= 0.6 is 0 Å². The molecule has 38 heavy (non-hydrogen) atoms. The Morgan fingerprint density at radius 2 is 1.61 bits per heavy atom. The van der Waals surface area contributed by atoms with Gasteiger partial charge >= 0.3 is 23.9 Å². The zero-order chi connectivity index (χ0) is 28.0. The molecule has 4 rings (SSSR count). The Kier molecular flexibility index (Phi) is 7.35. The van der Waals surface area contributed by atoms with Crippen molar-refractivity contribution >= 4 is 23.9 Å². The number of benzene rings is 1. The molecule has 1 aromatic carbocycles. The first-order valence-electron chi connectivity index (χ1n) is 12.9. The van der Waals surface area contributed by atoms with Crippen LogP contribution in [-0.4, -0.2) is 71.2 Å². The lowest BCUT2D eigenvalue weighted by molar-refractivity contribution is -0.305. The molecule has 0 unspecified atom stereocenters. The summed E-state index contributed by atoms with van der Waals surface area (Å²) in [6, 6.07) is 8.28. The van der Waals surface area contributed by atoms with E-state index in [1.54, 1.807) is 30.3 Å². The summed E-state index contributed by atoms with van der Waals surface area (Å²) in [6.45, 7) is 8.92. The highest BCUT2D eigenvalue weighted by molar-refractivity contribution is 5.89. The highest BCUT2D eigenvalue weighted by atomic mass is 16.6. The number of carbonyl (C=O) groups excluding carboxylic acids is 4. The van der Waals surface area contributed by atoms with Crippen molar-refractivity contribution < 1.29 is 48.0 Å². The van der Waals surface area contributed by atoms with E-state index in [4.69, 9.17) is 23.7 Å².